The summed E-state index contributed by atoms with van der Waals surface area (Å²) < 4.78 is 0. The highest BCUT2D eigenvalue weighted by atomic mass is 16.4. The molecule has 1 saturated heterocycles. The molecule has 2 unspecified atom stereocenters. The summed E-state index contributed by atoms with van der Waals surface area (Å²) in [5.74, 6) is 0.0906. The number of carboxylic acid groups (broad SMARTS) is 1. The molecule has 2 atom stereocenters. The fourth-order valence-electron chi connectivity index (χ4n) is 2.59. The third kappa shape index (κ3) is 1.82. The van der Waals surface area contributed by atoms with Gasteiger partial charge in [-0.2, -0.15) is 0 Å². The number of carboxylic acids is 1. The van der Waals surface area contributed by atoms with E-state index >= 15 is 0 Å². The molecule has 1 aliphatic heterocycles. The molecule has 2 aliphatic rings. The van der Waals surface area contributed by atoms with Crippen molar-refractivity contribution < 1.29 is 9.90 Å². The van der Waals surface area contributed by atoms with Gasteiger partial charge >= 0.3 is 5.97 Å². The molecule has 0 aromatic carbocycles. The molecule has 3 nitrogen and oxygen atoms in total. The van der Waals surface area contributed by atoms with Crippen LogP contribution in [-0.2, 0) is 4.79 Å². The minimum Gasteiger partial charge on any atom is -0.478 e. The quantitative estimate of drug-likeness (QED) is 0.694. The van der Waals surface area contributed by atoms with E-state index in [2.05, 4.69) is 4.90 Å². The van der Waals surface area contributed by atoms with Crippen molar-refractivity contribution in [1.29, 1.82) is 0 Å². The van der Waals surface area contributed by atoms with Gasteiger partial charge in [-0.25, -0.2) is 4.79 Å². The monoisotopic (exact) mass is 195 g/mol. The van der Waals surface area contributed by atoms with Crippen LogP contribution in [0.3, 0.4) is 0 Å². The zero-order valence-corrected chi connectivity index (χ0v) is 8.57. The van der Waals surface area contributed by atoms with E-state index in [1.165, 1.54) is 25.8 Å². The summed E-state index contributed by atoms with van der Waals surface area (Å²) in [6, 6.07) is 0.734. The van der Waals surface area contributed by atoms with Crippen molar-refractivity contribution in [2.45, 2.75) is 32.2 Å². The molecule has 2 bridgehead atoms. The van der Waals surface area contributed by atoms with Crippen LogP contribution in [0.15, 0.2) is 11.6 Å². The van der Waals surface area contributed by atoms with Gasteiger partial charge < -0.3 is 5.11 Å². The van der Waals surface area contributed by atoms with Crippen LogP contribution < -0.4 is 0 Å². The third-order valence-corrected chi connectivity index (χ3v) is 3.49. The summed E-state index contributed by atoms with van der Waals surface area (Å²) in [5, 5.41) is 8.70. The smallest absolute Gasteiger partial charge is 0.330 e. The van der Waals surface area contributed by atoms with Gasteiger partial charge in [0.05, 0.1) is 0 Å². The highest BCUT2D eigenvalue weighted by molar-refractivity contribution is 5.85. The van der Waals surface area contributed by atoms with Crippen LogP contribution in [0, 0.1) is 5.92 Å². The lowest BCUT2D eigenvalue weighted by Crippen LogP contribution is -2.32. The molecule has 2 rings (SSSR count). The highest BCUT2D eigenvalue weighted by Crippen LogP contribution is 2.36. The molecular formula is C11H17NO2. The van der Waals surface area contributed by atoms with Gasteiger partial charge in [-0.1, -0.05) is 6.08 Å². The Morgan fingerprint density at radius 3 is 2.86 bits per heavy atom. The van der Waals surface area contributed by atoms with E-state index in [0.717, 1.165) is 18.5 Å². The summed E-state index contributed by atoms with van der Waals surface area (Å²) in [6.45, 7) is 3.66. The lowest BCUT2D eigenvalue weighted by atomic mass is 10.1. The van der Waals surface area contributed by atoms with E-state index in [9.17, 15) is 4.79 Å². The van der Waals surface area contributed by atoms with E-state index < -0.39 is 5.97 Å². The molecule has 0 amide bonds. The van der Waals surface area contributed by atoms with Crippen molar-refractivity contribution in [3.8, 4) is 0 Å². The van der Waals surface area contributed by atoms with E-state index in [4.69, 9.17) is 5.11 Å². The summed E-state index contributed by atoms with van der Waals surface area (Å²) >= 11 is 0. The number of carbonyl (C=O) groups is 1. The molecule has 3 heteroatoms. The van der Waals surface area contributed by atoms with Crippen molar-refractivity contribution in [3.05, 3.63) is 11.6 Å². The predicted octanol–water partition coefficient (Wildman–Crippen LogP) is 1.50. The van der Waals surface area contributed by atoms with Gasteiger partial charge in [0.15, 0.2) is 0 Å². The molecule has 0 radical (unpaired) electrons. The molecular weight excluding hydrogens is 178 g/mol. The normalized spacial score (nSPS) is 32.5. The minimum absolute atomic E-state index is 0.466. The Labute approximate surface area is 84.4 Å². The Balaban J connectivity index is 1.87. The number of hydrogen-bond donors (Lipinski definition) is 1. The van der Waals surface area contributed by atoms with Gasteiger partial charge in [0.25, 0.3) is 0 Å². The molecule has 14 heavy (non-hydrogen) atoms. The summed E-state index contributed by atoms with van der Waals surface area (Å²) in [7, 11) is 0. The predicted molar refractivity (Wildman–Crippen MR) is 54.1 cm³/mol. The largest absolute Gasteiger partial charge is 0.478 e. The van der Waals surface area contributed by atoms with Crippen molar-refractivity contribution in [2.75, 3.05) is 13.1 Å². The number of nitrogens with zero attached hydrogens (tertiary/aromatic N) is 1. The molecule has 78 valence electrons. The lowest BCUT2D eigenvalue weighted by Gasteiger charge is -2.25. The number of piperidine rings is 1. The van der Waals surface area contributed by atoms with Gasteiger partial charge in [-0.05, 0) is 32.1 Å². The molecule has 1 saturated carbocycles. The Kier molecular flexibility index (Phi) is 2.59. The fraction of sp³-hybridized carbons (Fsp3) is 0.727. The van der Waals surface area contributed by atoms with Gasteiger partial charge in [-0.15, -0.1) is 0 Å². The Morgan fingerprint density at radius 1 is 1.57 bits per heavy atom. The third-order valence-electron chi connectivity index (χ3n) is 3.49. The maximum Gasteiger partial charge on any atom is 0.330 e. The summed E-state index contributed by atoms with van der Waals surface area (Å²) in [5.41, 5.74) is 0.466. The zero-order valence-electron chi connectivity index (χ0n) is 8.57. The second-order valence-electron chi connectivity index (χ2n) is 4.48. The number of aliphatic carboxylic acids is 1. The van der Waals surface area contributed by atoms with Crippen LogP contribution in [-0.4, -0.2) is 35.1 Å². The molecule has 2 fully saturated rings. The maximum absolute atomic E-state index is 10.6. The van der Waals surface area contributed by atoms with Gasteiger partial charge in [0.2, 0.25) is 0 Å². The van der Waals surface area contributed by atoms with E-state index in [1.54, 1.807) is 6.92 Å². The molecule has 0 spiro atoms. The molecule has 0 aromatic rings. The van der Waals surface area contributed by atoms with Crippen molar-refractivity contribution in [1.82, 2.24) is 4.90 Å². The van der Waals surface area contributed by atoms with Crippen LogP contribution in [0.4, 0.5) is 0 Å². The molecule has 0 aromatic heterocycles. The van der Waals surface area contributed by atoms with Crippen LogP contribution >= 0.6 is 0 Å². The summed E-state index contributed by atoms with van der Waals surface area (Å²) in [6.07, 6.45) is 5.86. The lowest BCUT2D eigenvalue weighted by molar-refractivity contribution is -0.132. The fourth-order valence-corrected chi connectivity index (χ4v) is 2.59. The Bertz CT molecular complexity index is 272. The average molecular weight is 195 g/mol. The van der Waals surface area contributed by atoms with Gasteiger partial charge in [-0.3, -0.25) is 4.90 Å². The first-order valence-electron chi connectivity index (χ1n) is 5.31. The number of fused-ring (bicyclic) bond motifs is 2. The first-order chi connectivity index (χ1) is 6.66. The zero-order chi connectivity index (χ0) is 10.1. The Morgan fingerprint density at radius 2 is 2.36 bits per heavy atom. The standard InChI is InChI=1S/C11H17NO2/c1-8(11(13)14)4-5-12-7-9-2-3-10(12)6-9/h4,9-10H,2-3,5-7H2,1H3,(H,13,14). The summed E-state index contributed by atoms with van der Waals surface area (Å²) in [4.78, 5) is 13.0. The SMILES string of the molecule is CC(=CCN1CC2CCC1C2)C(=O)O. The van der Waals surface area contributed by atoms with E-state index in [0.29, 0.717) is 5.57 Å². The average Bonchev–Trinajstić information content (AvgIpc) is 2.74. The second kappa shape index (κ2) is 3.73. The molecule has 1 N–H and O–H groups in total. The van der Waals surface area contributed by atoms with Crippen LogP contribution in [0.5, 0.6) is 0 Å². The molecule has 1 heterocycles. The maximum atomic E-state index is 10.6. The van der Waals surface area contributed by atoms with Crippen LogP contribution in [0.1, 0.15) is 26.2 Å². The van der Waals surface area contributed by atoms with Gasteiger partial charge in [0.1, 0.15) is 0 Å². The van der Waals surface area contributed by atoms with E-state index in [1.807, 2.05) is 6.08 Å². The minimum atomic E-state index is -0.797. The van der Waals surface area contributed by atoms with Gasteiger partial charge in [0, 0.05) is 24.7 Å². The molecule has 1 aliphatic carbocycles. The van der Waals surface area contributed by atoms with E-state index in [-0.39, 0.29) is 0 Å². The second-order valence-corrected chi connectivity index (χ2v) is 4.48. The number of hydrogen-bond acceptors (Lipinski definition) is 2. The first kappa shape index (κ1) is 9.71. The van der Waals surface area contributed by atoms with Crippen molar-refractivity contribution in [2.24, 2.45) is 5.92 Å². The Hall–Kier alpha value is -0.830. The number of rotatable bonds is 3. The van der Waals surface area contributed by atoms with Crippen molar-refractivity contribution >= 4 is 5.97 Å². The van der Waals surface area contributed by atoms with Crippen LogP contribution in [0.25, 0.3) is 0 Å². The topological polar surface area (TPSA) is 40.5 Å². The highest BCUT2D eigenvalue weighted by Gasteiger charge is 2.36. The first-order valence-corrected chi connectivity index (χ1v) is 5.31. The van der Waals surface area contributed by atoms with Crippen molar-refractivity contribution in [3.63, 3.8) is 0 Å². The number of likely N-dealkylation sites (tertiary alicyclic amines) is 1. The van der Waals surface area contributed by atoms with Crippen LogP contribution in [0.2, 0.25) is 0 Å².